The van der Waals surface area contributed by atoms with Crippen molar-refractivity contribution in [2.75, 3.05) is 5.32 Å². The van der Waals surface area contributed by atoms with E-state index in [0.717, 1.165) is 24.0 Å². The number of nitrogens with zero attached hydrogens (tertiary/aromatic N) is 1. The molecule has 3 rings (SSSR count). The largest absolute Gasteiger partial charge is 0.321 e. The smallest absolute Gasteiger partial charge is 0.271 e. The van der Waals surface area contributed by atoms with E-state index in [1.165, 1.54) is 17.7 Å². The van der Waals surface area contributed by atoms with E-state index in [4.69, 9.17) is 0 Å². The molecule has 3 aromatic carbocycles. The van der Waals surface area contributed by atoms with Crippen LogP contribution in [0.1, 0.15) is 27.0 Å². The zero-order valence-electron chi connectivity index (χ0n) is 15.0. The van der Waals surface area contributed by atoms with Gasteiger partial charge in [0.1, 0.15) is 0 Å². The summed E-state index contributed by atoms with van der Waals surface area (Å²) in [6.45, 7) is 1.81. The van der Waals surface area contributed by atoms with Crippen molar-refractivity contribution in [3.63, 3.8) is 0 Å². The highest BCUT2D eigenvalue weighted by Crippen LogP contribution is 2.23. The number of aryl methyl sites for hydroxylation is 3. The molecule has 3 aromatic rings. The van der Waals surface area contributed by atoms with Crippen LogP contribution in [0.25, 0.3) is 0 Å². The third-order valence-electron chi connectivity index (χ3n) is 4.47. The SMILES string of the molecule is Cc1ccc([N+](=O)[O-])cc1NC(=O)c1ccccc1CCc1ccccc1. The minimum atomic E-state index is -0.469. The number of anilines is 1. The zero-order valence-corrected chi connectivity index (χ0v) is 15.0. The Labute approximate surface area is 157 Å². The van der Waals surface area contributed by atoms with Gasteiger partial charge in [0.25, 0.3) is 11.6 Å². The number of amides is 1. The van der Waals surface area contributed by atoms with Crippen molar-refractivity contribution < 1.29 is 9.72 Å². The van der Waals surface area contributed by atoms with Crippen LogP contribution >= 0.6 is 0 Å². The molecule has 1 amide bonds. The lowest BCUT2D eigenvalue weighted by Gasteiger charge is -2.12. The Kier molecular flexibility index (Phi) is 5.61. The third-order valence-corrected chi connectivity index (χ3v) is 4.47. The van der Waals surface area contributed by atoms with Crippen LogP contribution in [0.3, 0.4) is 0 Å². The highest BCUT2D eigenvalue weighted by molar-refractivity contribution is 6.05. The third kappa shape index (κ3) is 4.58. The standard InChI is InChI=1S/C22H20N2O3/c1-16-11-14-19(24(26)27)15-21(16)23-22(25)20-10-6-5-9-18(20)13-12-17-7-3-2-4-8-17/h2-11,14-15H,12-13H2,1H3,(H,23,25). The maximum absolute atomic E-state index is 12.8. The first kappa shape index (κ1) is 18.3. The Morgan fingerprint density at radius 2 is 1.67 bits per heavy atom. The van der Waals surface area contributed by atoms with Gasteiger partial charge in [-0.05, 0) is 42.5 Å². The van der Waals surface area contributed by atoms with E-state index in [2.05, 4.69) is 17.4 Å². The number of rotatable bonds is 6. The van der Waals surface area contributed by atoms with E-state index in [9.17, 15) is 14.9 Å². The molecule has 0 aliphatic carbocycles. The summed E-state index contributed by atoms with van der Waals surface area (Å²) >= 11 is 0. The molecule has 0 spiro atoms. The van der Waals surface area contributed by atoms with Crippen molar-refractivity contribution in [2.24, 2.45) is 0 Å². The van der Waals surface area contributed by atoms with Crippen molar-refractivity contribution in [3.8, 4) is 0 Å². The second kappa shape index (κ2) is 8.27. The number of carbonyl (C=O) groups excluding carboxylic acids is 1. The highest BCUT2D eigenvalue weighted by Gasteiger charge is 2.14. The lowest BCUT2D eigenvalue weighted by molar-refractivity contribution is -0.384. The highest BCUT2D eigenvalue weighted by atomic mass is 16.6. The predicted octanol–water partition coefficient (Wildman–Crippen LogP) is 4.94. The van der Waals surface area contributed by atoms with Crippen molar-refractivity contribution in [2.45, 2.75) is 19.8 Å². The maximum atomic E-state index is 12.8. The molecular weight excluding hydrogens is 340 g/mol. The lowest BCUT2D eigenvalue weighted by Crippen LogP contribution is -2.15. The van der Waals surface area contributed by atoms with Crippen LogP contribution in [0.15, 0.2) is 72.8 Å². The normalized spacial score (nSPS) is 10.4. The average Bonchev–Trinajstić information content (AvgIpc) is 2.69. The van der Waals surface area contributed by atoms with E-state index < -0.39 is 4.92 Å². The molecule has 27 heavy (non-hydrogen) atoms. The number of carbonyl (C=O) groups is 1. The molecule has 1 N–H and O–H groups in total. The van der Waals surface area contributed by atoms with Crippen LogP contribution in [-0.4, -0.2) is 10.8 Å². The summed E-state index contributed by atoms with van der Waals surface area (Å²) in [6, 6.07) is 22.0. The molecule has 5 nitrogen and oxygen atoms in total. The Bertz CT molecular complexity index is 968. The molecule has 0 saturated heterocycles. The van der Waals surface area contributed by atoms with Gasteiger partial charge in [-0.1, -0.05) is 54.6 Å². The molecule has 0 saturated carbocycles. The monoisotopic (exact) mass is 360 g/mol. The molecular formula is C22H20N2O3. The summed E-state index contributed by atoms with van der Waals surface area (Å²) < 4.78 is 0. The van der Waals surface area contributed by atoms with Gasteiger partial charge in [-0.2, -0.15) is 0 Å². The first-order valence-electron chi connectivity index (χ1n) is 8.73. The molecule has 136 valence electrons. The zero-order chi connectivity index (χ0) is 19.2. The van der Waals surface area contributed by atoms with Gasteiger partial charge in [0.05, 0.1) is 10.6 Å². The minimum absolute atomic E-state index is 0.0479. The van der Waals surface area contributed by atoms with E-state index in [0.29, 0.717) is 11.3 Å². The van der Waals surface area contributed by atoms with Gasteiger partial charge in [-0.3, -0.25) is 14.9 Å². The van der Waals surface area contributed by atoms with Crippen molar-refractivity contribution in [3.05, 3.63) is 105 Å². The summed E-state index contributed by atoms with van der Waals surface area (Å²) in [5.41, 5.74) is 3.92. The average molecular weight is 360 g/mol. The number of nitro groups is 1. The Hall–Kier alpha value is -3.47. The van der Waals surface area contributed by atoms with E-state index >= 15 is 0 Å². The van der Waals surface area contributed by atoms with Crippen LogP contribution in [0.5, 0.6) is 0 Å². The Morgan fingerprint density at radius 3 is 2.41 bits per heavy atom. The molecule has 0 aliphatic heterocycles. The molecule has 5 heteroatoms. The number of nitrogens with one attached hydrogen (secondary N) is 1. The van der Waals surface area contributed by atoms with Crippen LogP contribution < -0.4 is 5.32 Å². The summed E-state index contributed by atoms with van der Waals surface area (Å²) in [4.78, 5) is 23.3. The van der Waals surface area contributed by atoms with Crippen LogP contribution in [0.2, 0.25) is 0 Å². The first-order valence-corrected chi connectivity index (χ1v) is 8.73. The molecule has 0 aromatic heterocycles. The number of hydrogen-bond acceptors (Lipinski definition) is 3. The summed E-state index contributed by atoms with van der Waals surface area (Å²) in [5.74, 6) is -0.262. The lowest BCUT2D eigenvalue weighted by atomic mass is 9.99. The number of benzene rings is 3. The first-order chi connectivity index (χ1) is 13.0. The maximum Gasteiger partial charge on any atom is 0.271 e. The van der Waals surface area contributed by atoms with Gasteiger partial charge in [0, 0.05) is 17.7 Å². The van der Waals surface area contributed by atoms with E-state index in [-0.39, 0.29) is 11.6 Å². The van der Waals surface area contributed by atoms with Gasteiger partial charge in [0.15, 0.2) is 0 Å². The van der Waals surface area contributed by atoms with Crippen LogP contribution in [0.4, 0.5) is 11.4 Å². The van der Waals surface area contributed by atoms with Gasteiger partial charge >= 0.3 is 0 Å². The van der Waals surface area contributed by atoms with Crippen molar-refractivity contribution >= 4 is 17.3 Å². The van der Waals surface area contributed by atoms with Gasteiger partial charge < -0.3 is 5.32 Å². The van der Waals surface area contributed by atoms with Gasteiger partial charge in [0.2, 0.25) is 0 Å². The summed E-state index contributed by atoms with van der Waals surface area (Å²) in [5, 5.41) is 13.8. The summed E-state index contributed by atoms with van der Waals surface area (Å²) in [6.07, 6.45) is 1.57. The Balaban J connectivity index is 1.79. The molecule has 0 fully saturated rings. The van der Waals surface area contributed by atoms with Gasteiger partial charge in [-0.25, -0.2) is 0 Å². The second-order valence-electron chi connectivity index (χ2n) is 6.35. The quantitative estimate of drug-likeness (QED) is 0.500. The minimum Gasteiger partial charge on any atom is -0.321 e. The van der Waals surface area contributed by atoms with E-state index in [1.54, 1.807) is 19.1 Å². The fourth-order valence-electron chi connectivity index (χ4n) is 2.93. The summed E-state index contributed by atoms with van der Waals surface area (Å²) in [7, 11) is 0. The van der Waals surface area contributed by atoms with Gasteiger partial charge in [-0.15, -0.1) is 0 Å². The molecule has 0 unspecified atom stereocenters. The molecule has 0 radical (unpaired) electrons. The van der Waals surface area contributed by atoms with Crippen molar-refractivity contribution in [1.82, 2.24) is 0 Å². The Morgan fingerprint density at radius 1 is 0.963 bits per heavy atom. The molecule has 0 atom stereocenters. The van der Waals surface area contributed by atoms with Crippen LogP contribution in [-0.2, 0) is 12.8 Å². The molecule has 0 aliphatic rings. The molecule has 0 heterocycles. The topological polar surface area (TPSA) is 72.2 Å². The number of non-ortho nitro benzene ring substituents is 1. The van der Waals surface area contributed by atoms with Crippen LogP contribution in [0, 0.1) is 17.0 Å². The number of nitro benzene ring substituents is 1. The van der Waals surface area contributed by atoms with E-state index in [1.807, 2.05) is 36.4 Å². The predicted molar refractivity (Wildman–Crippen MR) is 106 cm³/mol. The fraction of sp³-hybridized carbons (Fsp3) is 0.136. The second-order valence-corrected chi connectivity index (χ2v) is 6.35. The van der Waals surface area contributed by atoms with Crippen molar-refractivity contribution in [1.29, 1.82) is 0 Å². The fourth-order valence-corrected chi connectivity index (χ4v) is 2.93. The number of hydrogen-bond donors (Lipinski definition) is 1. The molecule has 0 bridgehead atoms.